The Labute approximate surface area is 132 Å². The second kappa shape index (κ2) is 7.13. The van der Waals surface area contributed by atoms with Crippen LogP contribution in [-0.2, 0) is 4.74 Å². The molecule has 0 radical (unpaired) electrons. The number of nitrogens with one attached hydrogen (secondary N) is 1. The third-order valence-corrected chi connectivity index (χ3v) is 2.78. The highest BCUT2D eigenvalue weighted by Crippen LogP contribution is 2.25. The van der Waals surface area contributed by atoms with Crippen LogP contribution in [0.15, 0.2) is 16.7 Å². The van der Waals surface area contributed by atoms with Crippen LogP contribution in [0.4, 0.5) is 4.79 Å². The molecule has 0 spiro atoms. The number of ether oxygens (including phenoxy) is 2. The van der Waals surface area contributed by atoms with Crippen molar-refractivity contribution in [3.05, 3.63) is 21.8 Å². The molecule has 0 aliphatic rings. The summed E-state index contributed by atoms with van der Waals surface area (Å²) < 4.78 is 11.3. The minimum atomic E-state index is -0.522. The van der Waals surface area contributed by atoms with E-state index in [1.807, 2.05) is 27.7 Å². The fourth-order valence-corrected chi connectivity index (χ4v) is 2.02. The van der Waals surface area contributed by atoms with Gasteiger partial charge in [0.25, 0.3) is 0 Å². The van der Waals surface area contributed by atoms with Gasteiger partial charge in [0.2, 0.25) is 5.88 Å². The van der Waals surface area contributed by atoms with E-state index in [0.717, 1.165) is 0 Å². The first-order chi connectivity index (χ1) is 9.17. The average Bonchev–Trinajstić information content (AvgIpc) is 2.24. The second-order valence-electron chi connectivity index (χ2n) is 5.30. The highest BCUT2D eigenvalue weighted by Gasteiger charge is 2.18. The standard InChI is InChI=1S/C13H18BrClN2O3/c1-8(17-12(18)20-13(2,3)4)7-19-11-10(14)5-9(15)6-16-11/h5-6,8H,7H2,1-4H3,(H,17,18)/t8-/m0/s1. The second-order valence-corrected chi connectivity index (χ2v) is 6.59. The number of carbonyl (C=O) groups is 1. The summed E-state index contributed by atoms with van der Waals surface area (Å²) >= 11 is 9.09. The highest BCUT2D eigenvalue weighted by molar-refractivity contribution is 9.10. The summed E-state index contributed by atoms with van der Waals surface area (Å²) in [4.78, 5) is 15.6. The number of hydrogen-bond acceptors (Lipinski definition) is 4. The van der Waals surface area contributed by atoms with Crippen molar-refractivity contribution in [2.24, 2.45) is 0 Å². The highest BCUT2D eigenvalue weighted by atomic mass is 79.9. The summed E-state index contributed by atoms with van der Waals surface area (Å²) in [7, 11) is 0. The molecule has 1 aromatic heterocycles. The maximum Gasteiger partial charge on any atom is 0.407 e. The molecule has 5 nitrogen and oxygen atoms in total. The van der Waals surface area contributed by atoms with Crippen LogP contribution in [0.25, 0.3) is 0 Å². The lowest BCUT2D eigenvalue weighted by Crippen LogP contribution is -2.40. The van der Waals surface area contributed by atoms with Crippen molar-refractivity contribution >= 4 is 33.6 Å². The molecule has 1 heterocycles. The lowest BCUT2D eigenvalue weighted by atomic mass is 10.2. The SMILES string of the molecule is C[C@@H](COc1ncc(Cl)cc1Br)NC(=O)OC(C)(C)C. The van der Waals surface area contributed by atoms with Crippen LogP contribution in [-0.4, -0.2) is 29.3 Å². The number of halogens is 2. The van der Waals surface area contributed by atoms with E-state index in [4.69, 9.17) is 21.1 Å². The molecule has 1 rings (SSSR count). The summed E-state index contributed by atoms with van der Waals surface area (Å²) in [6, 6.07) is 1.48. The molecule has 0 saturated carbocycles. The number of aromatic nitrogens is 1. The molecule has 0 saturated heterocycles. The molecule has 0 aliphatic carbocycles. The number of alkyl carbamates (subject to hydrolysis) is 1. The number of carbonyl (C=O) groups excluding carboxylic acids is 1. The monoisotopic (exact) mass is 364 g/mol. The van der Waals surface area contributed by atoms with E-state index in [1.165, 1.54) is 6.20 Å². The Morgan fingerprint density at radius 3 is 2.75 bits per heavy atom. The van der Waals surface area contributed by atoms with Gasteiger partial charge < -0.3 is 14.8 Å². The Hall–Kier alpha value is -1.01. The molecule has 0 aliphatic heterocycles. The molecule has 0 bridgehead atoms. The molecule has 20 heavy (non-hydrogen) atoms. The normalized spacial score (nSPS) is 12.7. The molecule has 7 heteroatoms. The van der Waals surface area contributed by atoms with E-state index in [-0.39, 0.29) is 12.6 Å². The van der Waals surface area contributed by atoms with Gasteiger partial charge >= 0.3 is 6.09 Å². The number of hydrogen-bond donors (Lipinski definition) is 1. The maximum atomic E-state index is 11.6. The van der Waals surface area contributed by atoms with Gasteiger partial charge in [-0.25, -0.2) is 9.78 Å². The average molecular weight is 366 g/mol. The van der Waals surface area contributed by atoms with Crippen LogP contribution in [0.3, 0.4) is 0 Å². The molecule has 0 fully saturated rings. The molecule has 1 atom stereocenters. The third kappa shape index (κ3) is 6.43. The first-order valence-electron chi connectivity index (χ1n) is 6.11. The van der Waals surface area contributed by atoms with E-state index in [9.17, 15) is 4.79 Å². The van der Waals surface area contributed by atoms with Gasteiger partial charge in [-0.1, -0.05) is 11.6 Å². The topological polar surface area (TPSA) is 60.5 Å². The van der Waals surface area contributed by atoms with Gasteiger partial charge in [-0.3, -0.25) is 0 Å². The van der Waals surface area contributed by atoms with E-state index in [2.05, 4.69) is 26.2 Å². The number of rotatable bonds is 4. The summed E-state index contributed by atoms with van der Waals surface area (Å²) in [5.74, 6) is 0.423. The van der Waals surface area contributed by atoms with Crippen LogP contribution in [0.2, 0.25) is 5.02 Å². The van der Waals surface area contributed by atoms with E-state index >= 15 is 0 Å². The van der Waals surface area contributed by atoms with Crippen LogP contribution < -0.4 is 10.1 Å². The minimum Gasteiger partial charge on any atom is -0.475 e. The van der Waals surface area contributed by atoms with E-state index in [1.54, 1.807) is 6.07 Å². The maximum absolute atomic E-state index is 11.6. The fraction of sp³-hybridized carbons (Fsp3) is 0.538. The lowest BCUT2D eigenvalue weighted by Gasteiger charge is -2.22. The number of amides is 1. The van der Waals surface area contributed by atoms with Gasteiger partial charge in [0.15, 0.2) is 0 Å². The summed E-state index contributed by atoms with van der Waals surface area (Å²) in [6.45, 7) is 7.51. The van der Waals surface area contributed by atoms with Crippen LogP contribution >= 0.6 is 27.5 Å². The fourth-order valence-electron chi connectivity index (χ4n) is 1.26. The lowest BCUT2D eigenvalue weighted by molar-refractivity contribution is 0.0493. The molecule has 1 amide bonds. The number of pyridine rings is 1. The Bertz CT molecular complexity index is 477. The van der Waals surface area contributed by atoms with E-state index < -0.39 is 11.7 Å². The predicted octanol–water partition coefficient (Wildman–Crippen LogP) is 3.79. The third-order valence-electron chi connectivity index (χ3n) is 2.01. The van der Waals surface area contributed by atoms with Crippen LogP contribution in [0.5, 0.6) is 5.88 Å². The predicted molar refractivity (Wildman–Crippen MR) is 81.3 cm³/mol. The zero-order valence-corrected chi connectivity index (χ0v) is 14.2. The summed E-state index contributed by atoms with van der Waals surface area (Å²) in [5, 5.41) is 3.20. The van der Waals surface area contributed by atoms with Crippen molar-refractivity contribution in [1.29, 1.82) is 0 Å². The Morgan fingerprint density at radius 2 is 2.20 bits per heavy atom. The van der Waals surface area contributed by atoms with Crippen molar-refractivity contribution < 1.29 is 14.3 Å². The number of nitrogens with zero attached hydrogens (tertiary/aromatic N) is 1. The molecule has 112 valence electrons. The molecular weight excluding hydrogens is 348 g/mol. The van der Waals surface area contributed by atoms with Gasteiger partial charge in [0.05, 0.1) is 15.5 Å². The van der Waals surface area contributed by atoms with Gasteiger partial charge in [0.1, 0.15) is 12.2 Å². The first kappa shape index (κ1) is 17.0. The Morgan fingerprint density at radius 1 is 1.55 bits per heavy atom. The van der Waals surface area contributed by atoms with Gasteiger partial charge in [-0.15, -0.1) is 0 Å². The molecule has 0 unspecified atom stereocenters. The zero-order valence-electron chi connectivity index (χ0n) is 11.9. The summed E-state index contributed by atoms with van der Waals surface area (Å²) in [6.07, 6.45) is 1.02. The minimum absolute atomic E-state index is 0.214. The summed E-state index contributed by atoms with van der Waals surface area (Å²) in [5.41, 5.74) is -0.522. The van der Waals surface area contributed by atoms with E-state index in [0.29, 0.717) is 15.4 Å². The largest absolute Gasteiger partial charge is 0.475 e. The smallest absolute Gasteiger partial charge is 0.407 e. The van der Waals surface area contributed by atoms with Crippen LogP contribution in [0.1, 0.15) is 27.7 Å². The van der Waals surface area contributed by atoms with Crippen molar-refractivity contribution in [3.63, 3.8) is 0 Å². The van der Waals surface area contributed by atoms with Crippen molar-refractivity contribution in [3.8, 4) is 5.88 Å². The van der Waals surface area contributed by atoms with Gasteiger partial charge in [-0.05, 0) is 49.7 Å². The van der Waals surface area contributed by atoms with Crippen molar-refractivity contribution in [1.82, 2.24) is 10.3 Å². The molecule has 1 N–H and O–H groups in total. The van der Waals surface area contributed by atoms with Crippen LogP contribution in [0, 0.1) is 0 Å². The van der Waals surface area contributed by atoms with Gasteiger partial charge in [0, 0.05) is 6.20 Å². The Balaban J connectivity index is 2.43. The zero-order chi connectivity index (χ0) is 15.3. The quantitative estimate of drug-likeness (QED) is 0.882. The van der Waals surface area contributed by atoms with Crippen molar-refractivity contribution in [2.45, 2.75) is 39.3 Å². The molecule has 1 aromatic rings. The molecular formula is C13H18BrClN2O3. The first-order valence-corrected chi connectivity index (χ1v) is 7.28. The van der Waals surface area contributed by atoms with Crippen molar-refractivity contribution in [2.75, 3.05) is 6.61 Å². The molecule has 0 aromatic carbocycles. The van der Waals surface area contributed by atoms with Gasteiger partial charge in [-0.2, -0.15) is 0 Å². The Kier molecular flexibility index (Phi) is 6.07.